The molecule has 2 fully saturated rings. The highest BCUT2D eigenvalue weighted by atomic mass is 32.2. The van der Waals surface area contributed by atoms with Crippen molar-refractivity contribution in [1.82, 2.24) is 19.0 Å². The van der Waals surface area contributed by atoms with E-state index in [0.29, 0.717) is 63.7 Å². The number of sulfonamides is 1. The lowest BCUT2D eigenvalue weighted by Gasteiger charge is -2.35. The number of unbranched alkanes of at least 4 members (excludes halogenated alkanes) is 4. The van der Waals surface area contributed by atoms with Crippen molar-refractivity contribution < 1.29 is 18.3 Å². The molecule has 3 heterocycles. The molecular weight excluding hydrogens is 518 g/mol. The Morgan fingerprint density at radius 1 is 1.00 bits per heavy atom. The van der Waals surface area contributed by atoms with E-state index in [2.05, 4.69) is 16.9 Å². The van der Waals surface area contributed by atoms with Crippen LogP contribution in [0.4, 0.5) is 5.69 Å². The molecule has 0 bridgehead atoms. The monoisotopic (exact) mass is 561 g/mol. The van der Waals surface area contributed by atoms with Crippen LogP contribution in [0, 0.1) is 0 Å². The summed E-state index contributed by atoms with van der Waals surface area (Å²) in [5.41, 5.74) is 0.973. The van der Waals surface area contributed by atoms with Gasteiger partial charge in [0.1, 0.15) is 5.69 Å². The molecule has 2 aliphatic rings. The third-order valence-corrected chi connectivity index (χ3v) is 9.46. The number of aromatic nitrogens is 2. The van der Waals surface area contributed by atoms with E-state index in [1.54, 1.807) is 10.5 Å². The summed E-state index contributed by atoms with van der Waals surface area (Å²) < 4.78 is 35.0. The molecular formula is C28H43N5O5S. The molecule has 2 saturated heterocycles. The van der Waals surface area contributed by atoms with E-state index in [-0.39, 0.29) is 23.2 Å². The van der Waals surface area contributed by atoms with Crippen molar-refractivity contribution in [2.75, 3.05) is 63.1 Å². The normalized spacial score (nSPS) is 19.0. The molecule has 10 nitrogen and oxygen atoms in total. The van der Waals surface area contributed by atoms with E-state index in [0.717, 1.165) is 32.2 Å². The van der Waals surface area contributed by atoms with Crippen molar-refractivity contribution in [3.8, 4) is 11.4 Å². The number of rotatable bonds is 14. The van der Waals surface area contributed by atoms with Gasteiger partial charge in [0.2, 0.25) is 15.8 Å². The third kappa shape index (κ3) is 8.03. The van der Waals surface area contributed by atoms with Gasteiger partial charge in [0, 0.05) is 39.3 Å². The van der Waals surface area contributed by atoms with Crippen LogP contribution in [0.2, 0.25) is 0 Å². The number of benzene rings is 1. The molecule has 0 saturated carbocycles. The first-order valence-corrected chi connectivity index (χ1v) is 15.9. The fourth-order valence-corrected chi connectivity index (χ4v) is 6.72. The summed E-state index contributed by atoms with van der Waals surface area (Å²) in [7, 11) is -3.38. The van der Waals surface area contributed by atoms with E-state index in [9.17, 15) is 18.3 Å². The third-order valence-electron chi connectivity index (χ3n) is 7.51. The average molecular weight is 562 g/mol. The van der Waals surface area contributed by atoms with Gasteiger partial charge in [-0.05, 0) is 37.9 Å². The van der Waals surface area contributed by atoms with E-state index in [4.69, 9.17) is 4.74 Å². The Bertz CT molecular complexity index is 1200. The first kappa shape index (κ1) is 29.5. The van der Waals surface area contributed by atoms with Crippen LogP contribution in [-0.4, -0.2) is 96.8 Å². The molecule has 1 aromatic carbocycles. The molecule has 0 aliphatic carbocycles. The van der Waals surface area contributed by atoms with Crippen LogP contribution >= 0.6 is 0 Å². The van der Waals surface area contributed by atoms with Crippen LogP contribution in [0.1, 0.15) is 51.9 Å². The zero-order chi connectivity index (χ0) is 27.7. The lowest BCUT2D eigenvalue weighted by atomic mass is 10.2. The molecule has 39 heavy (non-hydrogen) atoms. The fraction of sp³-hybridized carbons (Fsp3) is 0.643. The molecule has 1 atom stereocenters. The molecule has 2 aliphatic heterocycles. The number of hydrogen-bond acceptors (Lipinski definition) is 8. The maximum atomic E-state index is 13.5. The van der Waals surface area contributed by atoms with Crippen LogP contribution in [-0.2, 0) is 10.0 Å². The summed E-state index contributed by atoms with van der Waals surface area (Å²) in [6, 6.07) is 9.27. The highest BCUT2D eigenvalue weighted by Gasteiger charge is 2.29. The van der Waals surface area contributed by atoms with Crippen LogP contribution in [0.25, 0.3) is 5.69 Å². The van der Waals surface area contributed by atoms with Crippen molar-refractivity contribution >= 4 is 15.7 Å². The number of aliphatic hydroxyl groups excluding tert-OH is 1. The van der Waals surface area contributed by atoms with E-state index in [1.807, 2.05) is 35.2 Å². The van der Waals surface area contributed by atoms with E-state index < -0.39 is 10.0 Å². The van der Waals surface area contributed by atoms with Gasteiger partial charge in [0.05, 0.1) is 30.3 Å². The van der Waals surface area contributed by atoms with Crippen molar-refractivity contribution in [1.29, 1.82) is 0 Å². The van der Waals surface area contributed by atoms with E-state index in [1.165, 1.54) is 17.5 Å². The maximum Gasteiger partial charge on any atom is 0.316 e. The zero-order valence-electron chi connectivity index (χ0n) is 23.1. The average Bonchev–Trinajstić information content (AvgIpc) is 3.36. The summed E-state index contributed by atoms with van der Waals surface area (Å²) in [6.07, 6.45) is 8.09. The molecule has 2 aromatic rings. The Kier molecular flexibility index (Phi) is 10.8. The molecule has 0 amide bonds. The standard InChI is InChI=1S/C28H43N5O5S/c1-2-3-4-5-9-20-38-27-26(22-29-33(28(27)35)24-11-7-6-8-12-24)31-16-18-32(19-17-31)39(36,37)21-10-14-30-15-13-25(34)23-30/h6-8,11-12,22,25,34H,2-5,9-10,13-21,23H2,1H3. The summed E-state index contributed by atoms with van der Waals surface area (Å²) in [4.78, 5) is 17.6. The lowest BCUT2D eigenvalue weighted by molar-refractivity contribution is 0.176. The Hall–Kier alpha value is -2.47. The number of ether oxygens (including phenoxy) is 1. The van der Waals surface area contributed by atoms with Gasteiger partial charge >= 0.3 is 5.56 Å². The number of anilines is 1. The summed E-state index contributed by atoms with van der Waals surface area (Å²) in [5.74, 6) is 0.370. The summed E-state index contributed by atoms with van der Waals surface area (Å²) in [5, 5.41) is 14.1. The SMILES string of the molecule is CCCCCCCOc1c(N2CCN(S(=O)(=O)CCCN3CCC(O)C3)CC2)cnn(-c2ccccc2)c1=O. The van der Waals surface area contributed by atoms with E-state index >= 15 is 0 Å². The van der Waals surface area contributed by atoms with Crippen molar-refractivity contribution in [3.63, 3.8) is 0 Å². The summed E-state index contributed by atoms with van der Waals surface area (Å²) >= 11 is 0. The number of piperazine rings is 1. The molecule has 4 rings (SSSR count). The van der Waals surface area contributed by atoms with Crippen LogP contribution < -0.4 is 15.2 Å². The second-order valence-corrected chi connectivity index (χ2v) is 12.6. The predicted octanol–water partition coefficient (Wildman–Crippen LogP) is 2.49. The topological polar surface area (TPSA) is 108 Å². The van der Waals surface area contributed by atoms with Crippen molar-refractivity contribution in [2.24, 2.45) is 0 Å². The van der Waals surface area contributed by atoms with Gasteiger partial charge in [-0.1, -0.05) is 50.8 Å². The minimum absolute atomic E-state index is 0.0979. The molecule has 11 heteroatoms. The fourth-order valence-electron chi connectivity index (χ4n) is 5.25. The predicted molar refractivity (Wildman–Crippen MR) is 153 cm³/mol. The first-order valence-electron chi connectivity index (χ1n) is 14.3. The Morgan fingerprint density at radius 2 is 1.74 bits per heavy atom. The number of β-amino-alcohol motifs (C(OH)–C–C–N with tert-alkyl or cyclic N) is 1. The number of hydrogen-bond donors (Lipinski definition) is 1. The Balaban J connectivity index is 1.40. The number of nitrogens with zero attached hydrogens (tertiary/aromatic N) is 5. The smallest absolute Gasteiger partial charge is 0.316 e. The number of para-hydroxylation sites is 1. The quantitative estimate of drug-likeness (QED) is 0.351. The zero-order valence-corrected chi connectivity index (χ0v) is 23.9. The Morgan fingerprint density at radius 3 is 2.44 bits per heavy atom. The molecule has 0 radical (unpaired) electrons. The van der Waals surface area contributed by atoms with Crippen molar-refractivity contribution in [2.45, 2.75) is 58.0 Å². The minimum Gasteiger partial charge on any atom is -0.486 e. The minimum atomic E-state index is -3.38. The summed E-state index contributed by atoms with van der Waals surface area (Å²) in [6.45, 7) is 6.37. The Labute approximate surface area is 232 Å². The van der Waals surface area contributed by atoms with Crippen LogP contribution in [0.15, 0.2) is 41.3 Å². The first-order chi connectivity index (χ1) is 18.9. The van der Waals surface area contributed by atoms with Gasteiger partial charge < -0.3 is 19.6 Å². The number of aliphatic hydroxyl groups is 1. The highest BCUT2D eigenvalue weighted by molar-refractivity contribution is 7.89. The van der Waals surface area contributed by atoms with Crippen LogP contribution in [0.3, 0.4) is 0 Å². The highest BCUT2D eigenvalue weighted by Crippen LogP contribution is 2.26. The molecule has 216 valence electrons. The second kappa shape index (κ2) is 14.2. The van der Waals surface area contributed by atoms with Gasteiger partial charge in [0.15, 0.2) is 0 Å². The second-order valence-electron chi connectivity index (χ2n) is 10.5. The molecule has 1 N–H and O–H groups in total. The molecule has 0 spiro atoms. The number of likely N-dealkylation sites (tertiary alicyclic amines) is 1. The van der Waals surface area contributed by atoms with Gasteiger partial charge in [-0.2, -0.15) is 14.1 Å². The molecule has 1 aromatic heterocycles. The molecule has 1 unspecified atom stereocenters. The van der Waals surface area contributed by atoms with Crippen molar-refractivity contribution in [3.05, 3.63) is 46.9 Å². The van der Waals surface area contributed by atoms with Gasteiger partial charge in [0.25, 0.3) is 0 Å². The largest absolute Gasteiger partial charge is 0.486 e. The lowest BCUT2D eigenvalue weighted by Crippen LogP contribution is -2.50. The van der Waals surface area contributed by atoms with Gasteiger partial charge in [-0.25, -0.2) is 8.42 Å². The van der Waals surface area contributed by atoms with Gasteiger partial charge in [-0.3, -0.25) is 4.79 Å². The van der Waals surface area contributed by atoms with Gasteiger partial charge in [-0.15, -0.1) is 0 Å². The maximum absolute atomic E-state index is 13.5. The van der Waals surface area contributed by atoms with Crippen LogP contribution in [0.5, 0.6) is 5.75 Å².